The van der Waals surface area contributed by atoms with Crippen LogP contribution in [0.4, 0.5) is 14.3 Å². The second-order valence-electron chi connectivity index (χ2n) is 6.48. The van der Waals surface area contributed by atoms with E-state index in [1.807, 2.05) is 0 Å². The number of rotatable bonds is 4. The highest BCUT2D eigenvalue weighted by Crippen LogP contribution is 2.42. The van der Waals surface area contributed by atoms with Gasteiger partial charge in [-0.25, -0.2) is 14.2 Å². The van der Waals surface area contributed by atoms with E-state index in [0.29, 0.717) is 15.3 Å². The molecule has 2 aliphatic rings. The van der Waals surface area contributed by atoms with Gasteiger partial charge in [0.1, 0.15) is 17.9 Å². The topological polar surface area (TPSA) is 91.4 Å². The van der Waals surface area contributed by atoms with Gasteiger partial charge in [0.15, 0.2) is 5.13 Å². The monoisotopic (exact) mass is 362 g/mol. The molecule has 4 amide bonds. The lowest BCUT2D eigenvalue weighted by molar-refractivity contribution is -0.134. The number of amides is 4. The maximum Gasteiger partial charge on any atom is 0.325 e. The normalized spacial score (nSPS) is 23.2. The van der Waals surface area contributed by atoms with Gasteiger partial charge in [0.05, 0.1) is 10.2 Å². The molecule has 25 heavy (non-hydrogen) atoms. The molecule has 7 nitrogen and oxygen atoms in total. The number of hydrogen-bond acceptors (Lipinski definition) is 5. The number of carbonyl (C=O) groups is 3. The highest BCUT2D eigenvalue weighted by molar-refractivity contribution is 7.22. The summed E-state index contributed by atoms with van der Waals surface area (Å²) >= 11 is 1.13. The van der Waals surface area contributed by atoms with Gasteiger partial charge in [-0.2, -0.15) is 0 Å². The number of halogens is 1. The molecule has 0 bridgehead atoms. The molecular formula is C16H15FN4O3S. The summed E-state index contributed by atoms with van der Waals surface area (Å²) in [7, 11) is 0. The summed E-state index contributed by atoms with van der Waals surface area (Å²) in [5.41, 5.74) is -0.344. The zero-order valence-electron chi connectivity index (χ0n) is 13.3. The molecular weight excluding hydrogens is 347 g/mol. The molecule has 4 rings (SSSR count). The van der Waals surface area contributed by atoms with E-state index < -0.39 is 17.5 Å². The van der Waals surface area contributed by atoms with Crippen molar-refractivity contribution in [3.63, 3.8) is 0 Å². The van der Waals surface area contributed by atoms with Crippen molar-refractivity contribution in [3.05, 3.63) is 24.0 Å². The number of aromatic nitrogens is 1. The smallest absolute Gasteiger partial charge is 0.323 e. The standard InChI is InChI=1S/C16H15FN4O3S/c1-16(8-2-3-8)13(23)21(15(24)20-16)7-12(22)19-14-18-10-5-4-9(17)6-11(10)25-14/h4-6,8H,2-3,7H2,1H3,(H,20,24)(H,18,19,22)/t16-/m0/s1. The molecule has 0 unspecified atom stereocenters. The molecule has 1 atom stereocenters. The minimum Gasteiger partial charge on any atom is -0.323 e. The zero-order chi connectivity index (χ0) is 17.8. The van der Waals surface area contributed by atoms with E-state index in [1.54, 1.807) is 6.92 Å². The summed E-state index contributed by atoms with van der Waals surface area (Å²) in [6.07, 6.45) is 1.79. The van der Waals surface area contributed by atoms with Crippen LogP contribution in [0.15, 0.2) is 18.2 Å². The lowest BCUT2D eigenvalue weighted by Crippen LogP contribution is -2.46. The molecule has 1 saturated heterocycles. The molecule has 1 aromatic carbocycles. The number of nitrogens with zero attached hydrogens (tertiary/aromatic N) is 2. The fraction of sp³-hybridized carbons (Fsp3) is 0.375. The van der Waals surface area contributed by atoms with Crippen molar-refractivity contribution in [2.45, 2.75) is 25.3 Å². The van der Waals surface area contributed by atoms with Gasteiger partial charge in [-0.05, 0) is 43.9 Å². The van der Waals surface area contributed by atoms with E-state index in [9.17, 15) is 18.8 Å². The van der Waals surface area contributed by atoms with Gasteiger partial charge in [0, 0.05) is 0 Å². The lowest BCUT2D eigenvalue weighted by Gasteiger charge is -2.20. The van der Waals surface area contributed by atoms with Crippen LogP contribution in [0.2, 0.25) is 0 Å². The van der Waals surface area contributed by atoms with E-state index in [0.717, 1.165) is 29.1 Å². The van der Waals surface area contributed by atoms with Crippen molar-refractivity contribution >= 4 is 44.5 Å². The number of carbonyl (C=O) groups excluding carboxylic acids is 3. The lowest BCUT2D eigenvalue weighted by atomic mass is 9.96. The van der Waals surface area contributed by atoms with E-state index in [4.69, 9.17) is 0 Å². The van der Waals surface area contributed by atoms with Crippen molar-refractivity contribution in [1.82, 2.24) is 15.2 Å². The number of anilines is 1. The van der Waals surface area contributed by atoms with Crippen LogP contribution in [0.3, 0.4) is 0 Å². The summed E-state index contributed by atoms with van der Waals surface area (Å²) in [5, 5.41) is 5.55. The first-order valence-corrected chi connectivity index (χ1v) is 8.68. The Kier molecular flexibility index (Phi) is 3.50. The number of imide groups is 1. The fourth-order valence-electron chi connectivity index (χ4n) is 3.05. The summed E-state index contributed by atoms with van der Waals surface area (Å²) in [6, 6.07) is 3.59. The largest absolute Gasteiger partial charge is 0.325 e. The Labute approximate surface area is 146 Å². The first-order valence-electron chi connectivity index (χ1n) is 7.87. The SMILES string of the molecule is C[C@@]1(C2CC2)NC(=O)N(CC(=O)Nc2nc3ccc(F)cc3s2)C1=O. The third-order valence-corrected chi connectivity index (χ3v) is 5.53. The van der Waals surface area contributed by atoms with Gasteiger partial charge in [-0.1, -0.05) is 11.3 Å². The van der Waals surface area contributed by atoms with Crippen molar-refractivity contribution in [3.8, 4) is 0 Å². The number of thiazole rings is 1. The maximum absolute atomic E-state index is 13.2. The van der Waals surface area contributed by atoms with E-state index in [-0.39, 0.29) is 24.2 Å². The van der Waals surface area contributed by atoms with Crippen molar-refractivity contribution in [1.29, 1.82) is 0 Å². The highest BCUT2D eigenvalue weighted by atomic mass is 32.1. The molecule has 0 spiro atoms. The predicted octanol–water partition coefficient (Wildman–Crippen LogP) is 2.09. The minimum absolute atomic E-state index is 0.135. The van der Waals surface area contributed by atoms with E-state index in [2.05, 4.69) is 15.6 Å². The number of hydrogen-bond donors (Lipinski definition) is 2. The number of urea groups is 1. The molecule has 9 heteroatoms. The summed E-state index contributed by atoms with van der Waals surface area (Å²) < 4.78 is 13.8. The Balaban J connectivity index is 1.46. The molecule has 1 aliphatic carbocycles. The van der Waals surface area contributed by atoms with Crippen LogP contribution < -0.4 is 10.6 Å². The summed E-state index contributed by atoms with van der Waals surface area (Å²) in [6.45, 7) is 1.32. The average Bonchev–Trinajstić information content (AvgIpc) is 3.29. The molecule has 0 radical (unpaired) electrons. The Bertz CT molecular complexity index is 910. The van der Waals surface area contributed by atoms with E-state index >= 15 is 0 Å². The minimum atomic E-state index is -0.912. The van der Waals surface area contributed by atoms with Gasteiger partial charge >= 0.3 is 6.03 Å². The molecule has 130 valence electrons. The van der Waals surface area contributed by atoms with Crippen LogP contribution in [0.5, 0.6) is 0 Å². The molecule has 2 heterocycles. The van der Waals surface area contributed by atoms with Crippen LogP contribution in [-0.2, 0) is 9.59 Å². The maximum atomic E-state index is 13.2. The Morgan fingerprint density at radius 2 is 2.24 bits per heavy atom. The molecule has 1 aliphatic heterocycles. The average molecular weight is 362 g/mol. The Hall–Kier alpha value is -2.55. The van der Waals surface area contributed by atoms with Crippen LogP contribution in [0.1, 0.15) is 19.8 Å². The molecule has 2 aromatic rings. The number of nitrogens with one attached hydrogen (secondary N) is 2. The van der Waals surface area contributed by atoms with Crippen molar-refractivity contribution in [2.24, 2.45) is 5.92 Å². The van der Waals surface area contributed by atoms with Gasteiger partial charge in [-0.15, -0.1) is 0 Å². The van der Waals surface area contributed by atoms with Crippen LogP contribution in [0, 0.1) is 11.7 Å². The summed E-state index contributed by atoms with van der Waals surface area (Å²) in [5.74, 6) is -1.14. The van der Waals surface area contributed by atoms with Crippen LogP contribution in [0.25, 0.3) is 10.2 Å². The van der Waals surface area contributed by atoms with Gasteiger partial charge < -0.3 is 10.6 Å². The third-order valence-electron chi connectivity index (χ3n) is 4.59. The van der Waals surface area contributed by atoms with Crippen molar-refractivity contribution < 1.29 is 18.8 Å². The second-order valence-corrected chi connectivity index (χ2v) is 7.51. The van der Waals surface area contributed by atoms with Crippen LogP contribution >= 0.6 is 11.3 Å². The zero-order valence-corrected chi connectivity index (χ0v) is 14.2. The van der Waals surface area contributed by atoms with E-state index in [1.165, 1.54) is 18.2 Å². The Morgan fingerprint density at radius 3 is 2.96 bits per heavy atom. The van der Waals surface area contributed by atoms with Gasteiger partial charge in [0.25, 0.3) is 5.91 Å². The molecule has 2 fully saturated rings. The van der Waals surface area contributed by atoms with Crippen molar-refractivity contribution in [2.75, 3.05) is 11.9 Å². The third kappa shape index (κ3) is 2.74. The molecule has 2 N–H and O–H groups in total. The number of fused-ring (bicyclic) bond motifs is 1. The quantitative estimate of drug-likeness (QED) is 0.815. The first-order chi connectivity index (χ1) is 11.9. The molecule has 1 aromatic heterocycles. The van der Waals surface area contributed by atoms with Crippen LogP contribution in [-0.4, -0.2) is 39.8 Å². The molecule has 1 saturated carbocycles. The second kappa shape index (κ2) is 5.48. The predicted molar refractivity (Wildman–Crippen MR) is 89.6 cm³/mol. The summed E-state index contributed by atoms with van der Waals surface area (Å²) in [4.78, 5) is 41.9. The van der Waals surface area contributed by atoms with Gasteiger partial charge in [-0.3, -0.25) is 14.5 Å². The first kappa shape index (κ1) is 15.9. The number of benzene rings is 1. The van der Waals surface area contributed by atoms with Gasteiger partial charge in [0.2, 0.25) is 5.91 Å². The Morgan fingerprint density at radius 1 is 1.48 bits per heavy atom. The highest BCUT2D eigenvalue weighted by Gasteiger charge is 2.56. The fourth-order valence-corrected chi connectivity index (χ4v) is 3.96.